The van der Waals surface area contributed by atoms with E-state index in [0.717, 1.165) is 39.9 Å². The van der Waals surface area contributed by atoms with Gasteiger partial charge in [0.15, 0.2) is 0 Å². The van der Waals surface area contributed by atoms with E-state index in [4.69, 9.17) is 0 Å². The largest absolute Gasteiger partial charge is 0.361 e. The van der Waals surface area contributed by atoms with Gasteiger partial charge in [0, 0.05) is 6.20 Å². The number of aromatic nitrogens is 2. The number of thioether (sulfide) groups is 1. The lowest BCUT2D eigenvalue weighted by molar-refractivity contribution is 0.949. The number of aryl methyl sites for hydroxylation is 5. The first-order valence-electron chi connectivity index (χ1n) is 9.52. The molecule has 3 rings (SSSR count). The molecule has 4 nitrogen and oxygen atoms in total. The van der Waals surface area contributed by atoms with Crippen LogP contribution in [0.1, 0.15) is 32.3 Å². The Balaban J connectivity index is 1.47. The van der Waals surface area contributed by atoms with Gasteiger partial charge in [-0.25, -0.2) is 9.97 Å². The van der Waals surface area contributed by atoms with Crippen molar-refractivity contribution < 1.29 is 0 Å². The molecule has 0 unspecified atom stereocenters. The third-order valence-corrected chi connectivity index (χ3v) is 6.28. The Morgan fingerprint density at radius 3 is 2.45 bits per heavy atom. The number of thiazole rings is 1. The molecule has 0 atom stereocenters. The lowest BCUT2D eigenvalue weighted by atomic mass is 10.0. The van der Waals surface area contributed by atoms with Crippen LogP contribution in [-0.2, 0) is 12.8 Å². The fraction of sp³-hybridized carbons (Fsp3) is 0.261. The van der Waals surface area contributed by atoms with Crippen molar-refractivity contribution >= 4 is 41.3 Å². The molecule has 0 fully saturated rings. The van der Waals surface area contributed by atoms with Crippen LogP contribution in [0.4, 0.5) is 5.82 Å². The van der Waals surface area contributed by atoms with Crippen molar-refractivity contribution in [2.75, 3.05) is 11.2 Å². The highest BCUT2D eigenvalue weighted by atomic mass is 32.2. The van der Waals surface area contributed by atoms with Gasteiger partial charge in [-0.1, -0.05) is 35.9 Å². The SMILES string of the molecule is C=N/C(=C\SCNc1ccc(CCc2ccc(C)cc2)cn1)c1sc(C)nc1C. The highest BCUT2D eigenvalue weighted by Crippen LogP contribution is 2.28. The number of hydrogen-bond acceptors (Lipinski definition) is 6. The average Bonchev–Trinajstić information content (AvgIpc) is 3.06. The minimum Gasteiger partial charge on any atom is -0.361 e. The predicted octanol–water partition coefficient (Wildman–Crippen LogP) is 6.05. The maximum Gasteiger partial charge on any atom is 0.126 e. The molecule has 3 aromatic rings. The first-order valence-corrected chi connectivity index (χ1v) is 11.4. The van der Waals surface area contributed by atoms with E-state index in [1.807, 2.05) is 31.5 Å². The lowest BCUT2D eigenvalue weighted by Crippen LogP contribution is -2.00. The molecule has 2 heterocycles. The molecule has 0 aliphatic heterocycles. The Kier molecular flexibility index (Phi) is 7.61. The predicted molar refractivity (Wildman–Crippen MR) is 128 cm³/mol. The van der Waals surface area contributed by atoms with Gasteiger partial charge >= 0.3 is 0 Å². The van der Waals surface area contributed by atoms with Gasteiger partial charge in [-0.2, -0.15) is 0 Å². The van der Waals surface area contributed by atoms with Crippen LogP contribution in [0.5, 0.6) is 0 Å². The zero-order valence-electron chi connectivity index (χ0n) is 17.1. The van der Waals surface area contributed by atoms with E-state index < -0.39 is 0 Å². The van der Waals surface area contributed by atoms with E-state index in [0.29, 0.717) is 5.88 Å². The smallest absolute Gasteiger partial charge is 0.126 e. The van der Waals surface area contributed by atoms with Crippen molar-refractivity contribution in [1.82, 2.24) is 9.97 Å². The van der Waals surface area contributed by atoms with Gasteiger partial charge in [-0.3, -0.25) is 4.99 Å². The van der Waals surface area contributed by atoms with Crippen molar-refractivity contribution in [2.24, 2.45) is 4.99 Å². The van der Waals surface area contributed by atoms with Crippen LogP contribution >= 0.6 is 23.1 Å². The summed E-state index contributed by atoms with van der Waals surface area (Å²) in [5, 5.41) is 6.40. The van der Waals surface area contributed by atoms with E-state index in [9.17, 15) is 0 Å². The Bertz CT molecular complexity index is 973. The number of benzene rings is 1. The Morgan fingerprint density at radius 1 is 1.10 bits per heavy atom. The minimum absolute atomic E-state index is 0.714. The summed E-state index contributed by atoms with van der Waals surface area (Å²) in [6.07, 6.45) is 3.98. The van der Waals surface area contributed by atoms with Gasteiger partial charge in [-0.05, 0) is 62.9 Å². The van der Waals surface area contributed by atoms with Crippen LogP contribution in [0.3, 0.4) is 0 Å². The summed E-state index contributed by atoms with van der Waals surface area (Å²) in [7, 11) is 0. The molecular formula is C23H26N4S2. The highest BCUT2D eigenvalue weighted by Gasteiger charge is 2.08. The van der Waals surface area contributed by atoms with Crippen LogP contribution < -0.4 is 5.32 Å². The molecule has 1 N–H and O–H groups in total. The molecule has 2 aromatic heterocycles. The summed E-state index contributed by atoms with van der Waals surface area (Å²) >= 11 is 3.29. The molecule has 150 valence electrons. The summed E-state index contributed by atoms with van der Waals surface area (Å²) in [5.41, 5.74) is 5.78. The highest BCUT2D eigenvalue weighted by molar-refractivity contribution is 8.02. The second kappa shape index (κ2) is 10.4. The van der Waals surface area contributed by atoms with Crippen molar-refractivity contribution in [3.63, 3.8) is 0 Å². The molecule has 0 saturated carbocycles. The molecule has 0 saturated heterocycles. The monoisotopic (exact) mass is 422 g/mol. The molecule has 0 aliphatic rings. The summed E-state index contributed by atoms with van der Waals surface area (Å²) < 4.78 is 0. The van der Waals surface area contributed by atoms with Gasteiger partial charge in [0.05, 0.1) is 27.2 Å². The van der Waals surface area contributed by atoms with Crippen molar-refractivity contribution in [2.45, 2.75) is 33.6 Å². The summed E-state index contributed by atoms with van der Waals surface area (Å²) in [6.45, 7) is 9.82. The zero-order chi connectivity index (χ0) is 20.6. The normalized spacial score (nSPS) is 11.5. The molecular weight excluding hydrogens is 396 g/mol. The van der Waals surface area contributed by atoms with E-state index in [-0.39, 0.29) is 0 Å². The topological polar surface area (TPSA) is 50.2 Å². The second-order valence-corrected chi connectivity index (χ2v) is 8.89. The lowest BCUT2D eigenvalue weighted by Gasteiger charge is -2.06. The second-order valence-electron chi connectivity index (χ2n) is 6.83. The Hall–Kier alpha value is -2.44. The Labute approximate surface area is 181 Å². The van der Waals surface area contributed by atoms with Gasteiger partial charge in [-0.15, -0.1) is 23.1 Å². The van der Waals surface area contributed by atoms with Crippen LogP contribution in [0.25, 0.3) is 5.70 Å². The van der Waals surface area contributed by atoms with E-state index in [1.165, 1.54) is 16.7 Å². The molecule has 0 amide bonds. The van der Waals surface area contributed by atoms with Crippen LogP contribution in [-0.4, -0.2) is 22.6 Å². The molecule has 6 heteroatoms. The summed E-state index contributed by atoms with van der Waals surface area (Å²) in [6, 6.07) is 12.9. The fourth-order valence-electron chi connectivity index (χ4n) is 2.89. The third kappa shape index (κ3) is 6.27. The molecule has 0 radical (unpaired) electrons. The molecule has 1 aromatic carbocycles. The summed E-state index contributed by atoms with van der Waals surface area (Å²) in [5.74, 6) is 1.59. The number of rotatable bonds is 9. The fourth-order valence-corrected chi connectivity index (χ4v) is 4.53. The number of nitrogens with zero attached hydrogens (tertiary/aromatic N) is 3. The van der Waals surface area contributed by atoms with E-state index in [1.54, 1.807) is 23.1 Å². The first-order chi connectivity index (χ1) is 14.0. The van der Waals surface area contributed by atoms with Crippen LogP contribution in [0, 0.1) is 20.8 Å². The average molecular weight is 423 g/mol. The van der Waals surface area contributed by atoms with Crippen molar-refractivity contribution in [3.05, 3.63) is 80.3 Å². The van der Waals surface area contributed by atoms with Crippen LogP contribution in [0.2, 0.25) is 0 Å². The molecule has 29 heavy (non-hydrogen) atoms. The number of anilines is 1. The maximum atomic E-state index is 4.53. The van der Waals surface area contributed by atoms with Gasteiger partial charge < -0.3 is 5.32 Å². The molecule has 0 spiro atoms. The first kappa shape index (κ1) is 21.3. The third-order valence-electron chi connectivity index (χ3n) is 4.49. The number of nitrogens with one attached hydrogen (secondary N) is 1. The van der Waals surface area contributed by atoms with E-state index >= 15 is 0 Å². The quantitative estimate of drug-likeness (QED) is 0.259. The number of pyridine rings is 1. The number of hydrogen-bond donors (Lipinski definition) is 1. The van der Waals surface area contributed by atoms with Gasteiger partial charge in [0.2, 0.25) is 0 Å². The van der Waals surface area contributed by atoms with Crippen LogP contribution in [0.15, 0.2) is 53.0 Å². The molecule has 0 aliphatic carbocycles. The Morgan fingerprint density at radius 2 is 1.83 bits per heavy atom. The zero-order valence-corrected chi connectivity index (χ0v) is 18.7. The van der Waals surface area contributed by atoms with Gasteiger partial charge in [0.25, 0.3) is 0 Å². The van der Waals surface area contributed by atoms with Crippen molar-refractivity contribution in [3.8, 4) is 0 Å². The summed E-state index contributed by atoms with van der Waals surface area (Å²) in [4.78, 5) is 14.2. The number of aliphatic imine (C=N–C) groups is 1. The molecule has 0 bridgehead atoms. The van der Waals surface area contributed by atoms with E-state index in [2.05, 4.69) is 64.3 Å². The van der Waals surface area contributed by atoms with Crippen molar-refractivity contribution in [1.29, 1.82) is 0 Å². The maximum absolute atomic E-state index is 4.53. The standard InChI is InChI=1S/C23H26N4S2/c1-16-5-7-19(8-6-16)9-10-20-11-12-22(25-13-20)26-15-28-14-21(24-4)23-17(2)27-18(3)29-23/h5-8,11-14H,4,9-10,15H2,1-3H3,(H,25,26)/b21-14-. The minimum atomic E-state index is 0.714. The van der Waals surface area contributed by atoms with Gasteiger partial charge in [0.1, 0.15) is 5.82 Å².